The molecular formula is C17H12F4N4O2. The summed E-state index contributed by atoms with van der Waals surface area (Å²) in [5.74, 6) is -1.91. The first-order chi connectivity index (χ1) is 12.8. The van der Waals surface area contributed by atoms with E-state index in [1.807, 2.05) is 0 Å². The molecule has 3 rings (SSSR count). The monoisotopic (exact) mass is 380 g/mol. The fraction of sp³-hybridized carbons (Fsp3) is 0.118. The minimum atomic E-state index is -4.68. The van der Waals surface area contributed by atoms with Gasteiger partial charge in [0.2, 0.25) is 0 Å². The molecule has 0 spiro atoms. The van der Waals surface area contributed by atoms with Gasteiger partial charge in [-0.15, -0.1) is 0 Å². The van der Waals surface area contributed by atoms with E-state index < -0.39 is 23.9 Å². The molecule has 0 unspecified atom stereocenters. The predicted molar refractivity (Wildman–Crippen MR) is 87.6 cm³/mol. The van der Waals surface area contributed by atoms with Crippen molar-refractivity contribution in [2.24, 2.45) is 0 Å². The molecule has 10 heteroatoms. The fourth-order valence-electron chi connectivity index (χ4n) is 2.16. The number of rotatable bonds is 4. The smallest absolute Gasteiger partial charge is 0.329 e. The van der Waals surface area contributed by atoms with Crippen molar-refractivity contribution >= 4 is 17.4 Å². The van der Waals surface area contributed by atoms with Crippen LogP contribution in [-0.4, -0.2) is 16.2 Å². The van der Waals surface area contributed by atoms with E-state index in [0.717, 1.165) is 0 Å². The summed E-state index contributed by atoms with van der Waals surface area (Å²) in [6.07, 6.45) is -4.64. The summed E-state index contributed by atoms with van der Waals surface area (Å²) >= 11 is 0. The van der Waals surface area contributed by atoms with Gasteiger partial charge in [-0.05, 0) is 42.0 Å². The van der Waals surface area contributed by atoms with Gasteiger partial charge in [-0.2, -0.15) is 18.2 Å². The molecule has 0 aliphatic rings. The van der Waals surface area contributed by atoms with Gasteiger partial charge >= 0.3 is 18.1 Å². The molecule has 140 valence electrons. The van der Waals surface area contributed by atoms with Gasteiger partial charge in [0.05, 0.1) is 0 Å². The second-order valence-corrected chi connectivity index (χ2v) is 5.47. The van der Waals surface area contributed by atoms with Crippen LogP contribution >= 0.6 is 0 Å². The van der Waals surface area contributed by atoms with Gasteiger partial charge in [0.1, 0.15) is 5.82 Å². The molecule has 0 aliphatic heterocycles. The number of aromatic nitrogens is 2. The first-order valence-corrected chi connectivity index (χ1v) is 7.62. The highest BCUT2D eigenvalue weighted by Crippen LogP contribution is 2.27. The van der Waals surface area contributed by atoms with Crippen LogP contribution in [0.5, 0.6) is 0 Å². The number of nitrogens with one attached hydrogen (secondary N) is 2. The van der Waals surface area contributed by atoms with Crippen LogP contribution in [0.1, 0.15) is 17.3 Å². The maximum atomic E-state index is 12.8. The molecule has 0 fully saturated rings. The van der Waals surface area contributed by atoms with E-state index in [4.69, 9.17) is 0 Å². The number of nitrogens with zero attached hydrogens (tertiary/aromatic N) is 2. The van der Waals surface area contributed by atoms with Gasteiger partial charge in [0.15, 0.2) is 5.82 Å². The molecule has 0 bridgehead atoms. The summed E-state index contributed by atoms with van der Waals surface area (Å²) in [5, 5.41) is 8.40. The number of carbonyl (C=O) groups is 1. The number of halogens is 4. The number of benzene rings is 2. The van der Waals surface area contributed by atoms with Crippen molar-refractivity contribution in [1.29, 1.82) is 0 Å². The lowest BCUT2D eigenvalue weighted by Crippen LogP contribution is -2.19. The number of urea groups is 1. The minimum absolute atomic E-state index is 0.0433. The molecule has 2 amide bonds. The Bertz CT molecular complexity index is 921. The van der Waals surface area contributed by atoms with Crippen molar-refractivity contribution in [3.8, 4) is 0 Å². The minimum Gasteiger partial charge on any atom is -0.329 e. The summed E-state index contributed by atoms with van der Waals surface area (Å²) in [7, 11) is 0. The van der Waals surface area contributed by atoms with Gasteiger partial charge in [-0.25, -0.2) is 9.18 Å². The largest absolute Gasteiger partial charge is 0.471 e. The van der Waals surface area contributed by atoms with Crippen molar-refractivity contribution < 1.29 is 26.9 Å². The first-order valence-electron chi connectivity index (χ1n) is 7.62. The maximum absolute atomic E-state index is 12.8. The number of amides is 2. The van der Waals surface area contributed by atoms with Crippen molar-refractivity contribution in [3.05, 3.63) is 71.6 Å². The SMILES string of the molecule is O=C(Nc1ccc(F)cc1)Nc1ccc(Cc2noc(C(F)(F)F)n2)cc1. The van der Waals surface area contributed by atoms with Crippen molar-refractivity contribution in [1.82, 2.24) is 10.1 Å². The lowest BCUT2D eigenvalue weighted by molar-refractivity contribution is -0.159. The van der Waals surface area contributed by atoms with E-state index in [-0.39, 0.29) is 12.2 Å². The Balaban J connectivity index is 1.57. The quantitative estimate of drug-likeness (QED) is 0.655. The van der Waals surface area contributed by atoms with E-state index in [2.05, 4.69) is 25.3 Å². The highest BCUT2D eigenvalue weighted by molar-refractivity contribution is 5.99. The molecule has 2 aromatic carbocycles. The van der Waals surface area contributed by atoms with Crippen LogP contribution < -0.4 is 10.6 Å². The van der Waals surface area contributed by atoms with Crippen molar-refractivity contribution in [3.63, 3.8) is 0 Å². The summed E-state index contributed by atoms with van der Waals surface area (Å²) < 4.78 is 54.3. The van der Waals surface area contributed by atoms with Gasteiger partial charge < -0.3 is 15.2 Å². The topological polar surface area (TPSA) is 80.0 Å². The van der Waals surface area contributed by atoms with Gasteiger partial charge in [-0.1, -0.05) is 17.3 Å². The van der Waals surface area contributed by atoms with E-state index in [0.29, 0.717) is 16.9 Å². The number of alkyl halides is 3. The molecule has 0 radical (unpaired) electrons. The molecule has 27 heavy (non-hydrogen) atoms. The number of anilines is 2. The molecule has 2 N–H and O–H groups in total. The molecule has 3 aromatic rings. The maximum Gasteiger partial charge on any atom is 0.471 e. The summed E-state index contributed by atoms with van der Waals surface area (Å²) in [6.45, 7) is 0. The highest BCUT2D eigenvalue weighted by atomic mass is 19.4. The van der Waals surface area contributed by atoms with Crippen LogP contribution in [-0.2, 0) is 12.6 Å². The van der Waals surface area contributed by atoms with Crippen LogP contribution in [0.4, 0.5) is 33.7 Å². The third-order valence-corrected chi connectivity index (χ3v) is 3.39. The molecular weight excluding hydrogens is 368 g/mol. The van der Waals surface area contributed by atoms with Crippen molar-refractivity contribution in [2.75, 3.05) is 10.6 Å². The van der Waals surface area contributed by atoms with E-state index in [1.54, 1.807) is 24.3 Å². The first kappa shape index (κ1) is 18.4. The zero-order valence-electron chi connectivity index (χ0n) is 13.5. The molecule has 0 atom stereocenters. The Morgan fingerprint density at radius 2 is 1.52 bits per heavy atom. The Morgan fingerprint density at radius 3 is 2.04 bits per heavy atom. The molecule has 0 aliphatic carbocycles. The number of carbonyl (C=O) groups excluding carboxylic acids is 1. The Hall–Kier alpha value is -3.43. The standard InChI is InChI=1S/C17H12F4N4O2/c18-11-3-7-13(8-4-11)23-16(26)22-12-5-1-10(2-6-12)9-14-24-15(27-25-14)17(19,20)21/h1-8H,9H2,(H2,22,23,26). The van der Waals surface area contributed by atoms with Crippen LogP contribution in [0.25, 0.3) is 0 Å². The average molecular weight is 380 g/mol. The third kappa shape index (κ3) is 5.03. The number of hydrogen-bond acceptors (Lipinski definition) is 4. The molecule has 1 heterocycles. The average Bonchev–Trinajstić information content (AvgIpc) is 3.08. The Morgan fingerprint density at radius 1 is 0.963 bits per heavy atom. The fourth-order valence-corrected chi connectivity index (χ4v) is 2.16. The predicted octanol–water partition coefficient (Wildman–Crippen LogP) is 4.46. The van der Waals surface area contributed by atoms with E-state index in [1.165, 1.54) is 24.3 Å². The van der Waals surface area contributed by atoms with Crippen LogP contribution in [0.15, 0.2) is 53.1 Å². The van der Waals surface area contributed by atoms with E-state index >= 15 is 0 Å². The van der Waals surface area contributed by atoms with Crippen LogP contribution in [0.3, 0.4) is 0 Å². The molecule has 0 saturated heterocycles. The molecule has 0 saturated carbocycles. The summed E-state index contributed by atoms with van der Waals surface area (Å²) in [6, 6.07) is 11.1. The van der Waals surface area contributed by atoms with Gasteiger partial charge in [0.25, 0.3) is 0 Å². The van der Waals surface area contributed by atoms with Crippen LogP contribution in [0, 0.1) is 5.82 Å². The normalized spacial score (nSPS) is 11.3. The van der Waals surface area contributed by atoms with Crippen molar-refractivity contribution in [2.45, 2.75) is 12.6 Å². The lowest BCUT2D eigenvalue weighted by atomic mass is 10.1. The Kier molecular flexibility index (Phi) is 5.06. The molecule has 1 aromatic heterocycles. The lowest BCUT2D eigenvalue weighted by Gasteiger charge is -2.08. The van der Waals surface area contributed by atoms with Gasteiger partial charge in [-0.3, -0.25) is 0 Å². The third-order valence-electron chi connectivity index (χ3n) is 3.39. The Labute approximate surface area is 150 Å². The zero-order valence-corrected chi connectivity index (χ0v) is 13.5. The zero-order chi connectivity index (χ0) is 19.4. The summed E-state index contributed by atoms with van der Waals surface area (Å²) in [5.41, 5.74) is 1.51. The molecule has 6 nitrogen and oxygen atoms in total. The second kappa shape index (κ2) is 7.44. The number of hydrogen-bond donors (Lipinski definition) is 2. The van der Waals surface area contributed by atoms with E-state index in [9.17, 15) is 22.4 Å². The van der Waals surface area contributed by atoms with Gasteiger partial charge in [0, 0.05) is 17.8 Å². The highest BCUT2D eigenvalue weighted by Gasteiger charge is 2.38. The second-order valence-electron chi connectivity index (χ2n) is 5.47. The van der Waals surface area contributed by atoms with Crippen LogP contribution in [0.2, 0.25) is 0 Å². The summed E-state index contributed by atoms with van der Waals surface area (Å²) in [4.78, 5) is 15.2.